The average Bonchev–Trinajstić information content (AvgIpc) is 3.45. The zero-order valence-corrected chi connectivity index (χ0v) is 15.5. The molecule has 1 saturated carbocycles. The molecular formula is C19H26FN3O4. The number of hydrogen-bond donors (Lipinski definition) is 3. The molecule has 1 aromatic rings. The van der Waals surface area contributed by atoms with Crippen molar-refractivity contribution in [2.24, 2.45) is 0 Å². The van der Waals surface area contributed by atoms with E-state index >= 15 is 0 Å². The second-order valence-corrected chi connectivity index (χ2v) is 7.26. The molecule has 0 radical (unpaired) electrons. The monoisotopic (exact) mass is 379 g/mol. The number of rotatable bonds is 8. The summed E-state index contributed by atoms with van der Waals surface area (Å²) < 4.78 is 19.2. The number of carbonyl (C=O) groups excluding carboxylic acids is 2. The van der Waals surface area contributed by atoms with Crippen LogP contribution in [0.4, 0.5) is 4.39 Å². The van der Waals surface area contributed by atoms with Crippen LogP contribution in [0.15, 0.2) is 18.2 Å². The van der Waals surface area contributed by atoms with E-state index in [0.29, 0.717) is 30.7 Å². The van der Waals surface area contributed by atoms with E-state index in [1.54, 1.807) is 6.07 Å². The minimum Gasteiger partial charge on any atom is -0.497 e. The number of piperidine rings is 1. The zero-order valence-electron chi connectivity index (χ0n) is 15.5. The lowest BCUT2D eigenvalue weighted by molar-refractivity contribution is -0.157. The van der Waals surface area contributed by atoms with Gasteiger partial charge in [0.2, 0.25) is 5.91 Å². The van der Waals surface area contributed by atoms with Crippen molar-refractivity contribution in [3.05, 3.63) is 29.6 Å². The Hall–Kier alpha value is -2.19. The Balaban J connectivity index is 1.58. The molecule has 0 bridgehead atoms. The molecule has 0 aromatic heterocycles. The molecule has 27 heavy (non-hydrogen) atoms. The first-order valence-electron chi connectivity index (χ1n) is 9.25. The summed E-state index contributed by atoms with van der Waals surface area (Å²) in [4.78, 5) is 25.9. The molecular weight excluding hydrogens is 353 g/mol. The summed E-state index contributed by atoms with van der Waals surface area (Å²) in [6.07, 6.45) is 2.91. The topological polar surface area (TPSA) is 90.9 Å². The van der Waals surface area contributed by atoms with Crippen molar-refractivity contribution in [1.82, 2.24) is 15.5 Å². The first kappa shape index (κ1) is 19.6. The predicted molar refractivity (Wildman–Crippen MR) is 96.6 cm³/mol. The Morgan fingerprint density at radius 1 is 1.44 bits per heavy atom. The van der Waals surface area contributed by atoms with E-state index < -0.39 is 17.3 Å². The Kier molecular flexibility index (Phi) is 5.96. The van der Waals surface area contributed by atoms with Gasteiger partial charge in [-0.3, -0.25) is 9.59 Å². The van der Waals surface area contributed by atoms with Crippen LogP contribution in [-0.2, 0) is 16.1 Å². The second-order valence-electron chi connectivity index (χ2n) is 7.26. The van der Waals surface area contributed by atoms with Crippen molar-refractivity contribution in [1.29, 1.82) is 0 Å². The first-order valence-corrected chi connectivity index (χ1v) is 9.25. The summed E-state index contributed by atoms with van der Waals surface area (Å²) in [6.45, 7) is 0.546. The Labute approximate surface area is 157 Å². The molecule has 1 heterocycles. The molecule has 0 spiro atoms. The molecule has 1 atom stereocenters. The maximum absolute atomic E-state index is 14.1. The lowest BCUT2D eigenvalue weighted by Crippen LogP contribution is -2.58. The van der Waals surface area contributed by atoms with Crippen molar-refractivity contribution in [2.45, 2.75) is 43.9 Å². The van der Waals surface area contributed by atoms with Gasteiger partial charge in [0.15, 0.2) is 5.60 Å². The third-order valence-corrected chi connectivity index (χ3v) is 4.96. The normalized spacial score (nSPS) is 22.6. The number of hydrogen-bond acceptors (Lipinski definition) is 5. The Morgan fingerprint density at radius 3 is 2.93 bits per heavy atom. The summed E-state index contributed by atoms with van der Waals surface area (Å²) >= 11 is 0. The van der Waals surface area contributed by atoms with Crippen LogP contribution in [0.5, 0.6) is 5.75 Å². The third kappa shape index (κ3) is 4.95. The Morgan fingerprint density at radius 2 is 2.22 bits per heavy atom. The van der Waals surface area contributed by atoms with Gasteiger partial charge in [-0.25, -0.2) is 4.39 Å². The zero-order chi connectivity index (χ0) is 19.4. The number of nitrogens with one attached hydrogen (secondary N) is 2. The molecule has 2 amide bonds. The van der Waals surface area contributed by atoms with E-state index in [2.05, 4.69) is 10.6 Å². The van der Waals surface area contributed by atoms with Crippen molar-refractivity contribution in [3.8, 4) is 5.75 Å². The lowest BCUT2D eigenvalue weighted by Gasteiger charge is -2.38. The molecule has 148 valence electrons. The van der Waals surface area contributed by atoms with Crippen molar-refractivity contribution in [2.75, 3.05) is 26.7 Å². The summed E-state index contributed by atoms with van der Waals surface area (Å²) in [6, 6.07) is 4.64. The lowest BCUT2D eigenvalue weighted by atomic mass is 9.91. The van der Waals surface area contributed by atoms with Gasteiger partial charge in [-0.2, -0.15) is 0 Å². The maximum Gasteiger partial charge on any atom is 0.256 e. The fraction of sp³-hybridized carbons (Fsp3) is 0.579. The average molecular weight is 379 g/mol. The predicted octanol–water partition coefficient (Wildman–Crippen LogP) is 0.556. The van der Waals surface area contributed by atoms with Crippen LogP contribution in [-0.4, -0.2) is 60.2 Å². The van der Waals surface area contributed by atoms with Gasteiger partial charge in [0.25, 0.3) is 5.91 Å². The second kappa shape index (κ2) is 8.22. The summed E-state index contributed by atoms with van der Waals surface area (Å²) in [5.41, 5.74) is -1.25. The molecule has 1 saturated heterocycles. The van der Waals surface area contributed by atoms with E-state index in [-0.39, 0.29) is 31.6 Å². The van der Waals surface area contributed by atoms with Crippen molar-refractivity contribution in [3.63, 3.8) is 0 Å². The fourth-order valence-electron chi connectivity index (χ4n) is 3.27. The smallest absolute Gasteiger partial charge is 0.256 e. The largest absolute Gasteiger partial charge is 0.497 e. The number of ether oxygens (including phenoxy) is 1. The van der Waals surface area contributed by atoms with Crippen LogP contribution >= 0.6 is 0 Å². The van der Waals surface area contributed by atoms with Gasteiger partial charge in [-0.15, -0.1) is 0 Å². The van der Waals surface area contributed by atoms with Crippen molar-refractivity contribution < 1.29 is 23.8 Å². The minimum atomic E-state index is -1.59. The van der Waals surface area contributed by atoms with Gasteiger partial charge in [-0.05, 0) is 43.9 Å². The van der Waals surface area contributed by atoms with Gasteiger partial charge >= 0.3 is 0 Å². The minimum absolute atomic E-state index is 0.0129. The number of carbonyl (C=O) groups is 2. The molecule has 1 aliphatic heterocycles. The fourth-order valence-corrected chi connectivity index (χ4v) is 3.27. The molecule has 0 unspecified atom stereocenters. The van der Waals surface area contributed by atoms with E-state index in [1.165, 1.54) is 24.1 Å². The van der Waals surface area contributed by atoms with E-state index in [0.717, 1.165) is 12.8 Å². The molecule has 8 heteroatoms. The highest BCUT2D eigenvalue weighted by Crippen LogP contribution is 2.25. The maximum atomic E-state index is 14.1. The Bertz CT molecular complexity index is 710. The van der Waals surface area contributed by atoms with Gasteiger partial charge in [0.05, 0.1) is 13.7 Å². The molecule has 1 aromatic carbocycles. The standard InChI is InChI=1S/C19H26FN3O4/c1-27-15-5-6-16(20)13(9-15)11-23-8-2-7-19(26,18(23)25)12-21-10-17(24)22-14-3-4-14/h5-6,9,14,21,26H,2-4,7-8,10-12H2,1H3,(H,22,24)/t19-/m0/s1. The molecule has 2 fully saturated rings. The first-order chi connectivity index (χ1) is 12.9. The van der Waals surface area contributed by atoms with Gasteiger partial charge in [0.1, 0.15) is 11.6 Å². The summed E-state index contributed by atoms with van der Waals surface area (Å²) in [5, 5.41) is 16.5. The van der Waals surface area contributed by atoms with Gasteiger partial charge < -0.3 is 25.4 Å². The van der Waals surface area contributed by atoms with Crippen LogP contribution < -0.4 is 15.4 Å². The number of halogens is 1. The number of amides is 2. The van der Waals surface area contributed by atoms with Gasteiger partial charge in [0, 0.05) is 31.2 Å². The highest BCUT2D eigenvalue weighted by molar-refractivity contribution is 5.86. The highest BCUT2D eigenvalue weighted by atomic mass is 19.1. The molecule has 1 aliphatic carbocycles. The number of nitrogens with zero attached hydrogens (tertiary/aromatic N) is 1. The van der Waals surface area contributed by atoms with E-state index in [9.17, 15) is 19.1 Å². The number of methoxy groups -OCH3 is 1. The molecule has 7 nitrogen and oxygen atoms in total. The summed E-state index contributed by atoms with van der Waals surface area (Å²) in [5.74, 6) is -0.507. The van der Waals surface area contributed by atoms with E-state index in [1.807, 2.05) is 0 Å². The van der Waals surface area contributed by atoms with Crippen LogP contribution in [0.1, 0.15) is 31.2 Å². The molecule has 3 rings (SSSR count). The SMILES string of the molecule is COc1ccc(F)c(CN2CCC[C@](O)(CNCC(=O)NC3CC3)C2=O)c1. The quantitative estimate of drug-likeness (QED) is 0.614. The third-order valence-electron chi connectivity index (χ3n) is 4.96. The number of likely N-dealkylation sites (tertiary alicyclic amines) is 1. The number of aliphatic hydroxyl groups is 1. The molecule has 3 N–H and O–H groups in total. The summed E-state index contributed by atoms with van der Waals surface area (Å²) in [7, 11) is 1.49. The highest BCUT2D eigenvalue weighted by Gasteiger charge is 2.42. The van der Waals surface area contributed by atoms with Crippen LogP contribution in [0.2, 0.25) is 0 Å². The molecule has 2 aliphatic rings. The van der Waals surface area contributed by atoms with Gasteiger partial charge in [-0.1, -0.05) is 0 Å². The van der Waals surface area contributed by atoms with Crippen LogP contribution in [0.25, 0.3) is 0 Å². The van der Waals surface area contributed by atoms with Crippen LogP contribution in [0, 0.1) is 5.82 Å². The van der Waals surface area contributed by atoms with E-state index in [4.69, 9.17) is 4.74 Å². The van der Waals surface area contributed by atoms with Crippen LogP contribution in [0.3, 0.4) is 0 Å². The number of benzene rings is 1. The van der Waals surface area contributed by atoms with Crippen molar-refractivity contribution >= 4 is 11.8 Å².